The molecule has 0 radical (unpaired) electrons. The van der Waals surface area contributed by atoms with Crippen LogP contribution >= 0.6 is 0 Å². The van der Waals surface area contributed by atoms with Crippen molar-refractivity contribution < 1.29 is 8.78 Å². The highest BCUT2D eigenvalue weighted by Crippen LogP contribution is 2.31. The Morgan fingerprint density at radius 1 is 1.57 bits per heavy atom. The van der Waals surface area contributed by atoms with Crippen molar-refractivity contribution in [3.05, 3.63) is 18.0 Å². The summed E-state index contributed by atoms with van der Waals surface area (Å²) in [7, 11) is 0. The fraction of sp³-hybridized carbons (Fsp3) is 0.667. The van der Waals surface area contributed by atoms with E-state index in [0.717, 1.165) is 0 Å². The fourth-order valence-corrected chi connectivity index (χ4v) is 1.32. The standard InChI is InChI=1S/C9H15F2N3/c1-7(2)14-8(3-6-13-14)9(10,11)4-5-12/h3,6-7H,4-5,12H2,1-2H3. The van der Waals surface area contributed by atoms with E-state index < -0.39 is 5.92 Å². The lowest BCUT2D eigenvalue weighted by Gasteiger charge is -2.19. The van der Waals surface area contributed by atoms with Crippen LogP contribution in [0.2, 0.25) is 0 Å². The maximum atomic E-state index is 13.5. The first kappa shape index (κ1) is 11.1. The van der Waals surface area contributed by atoms with Crippen molar-refractivity contribution in [1.82, 2.24) is 9.78 Å². The van der Waals surface area contributed by atoms with Crippen molar-refractivity contribution in [3.8, 4) is 0 Å². The Bertz CT molecular complexity index is 294. The quantitative estimate of drug-likeness (QED) is 0.812. The van der Waals surface area contributed by atoms with Gasteiger partial charge in [0.2, 0.25) is 0 Å². The van der Waals surface area contributed by atoms with E-state index in [1.807, 2.05) is 13.8 Å². The summed E-state index contributed by atoms with van der Waals surface area (Å²) in [6.07, 6.45) is 1.05. The van der Waals surface area contributed by atoms with E-state index in [0.29, 0.717) is 0 Å². The highest BCUT2D eigenvalue weighted by Gasteiger charge is 2.34. The van der Waals surface area contributed by atoms with Crippen LogP contribution in [0.3, 0.4) is 0 Å². The first-order chi connectivity index (χ1) is 6.49. The summed E-state index contributed by atoms with van der Waals surface area (Å²) in [4.78, 5) is 0. The monoisotopic (exact) mass is 203 g/mol. The zero-order chi connectivity index (χ0) is 10.8. The summed E-state index contributed by atoms with van der Waals surface area (Å²) in [5.74, 6) is -2.88. The van der Waals surface area contributed by atoms with Crippen LogP contribution in [0.5, 0.6) is 0 Å². The van der Waals surface area contributed by atoms with Crippen LogP contribution in [0.1, 0.15) is 32.0 Å². The number of aromatic nitrogens is 2. The second-order valence-corrected chi connectivity index (χ2v) is 3.50. The summed E-state index contributed by atoms with van der Waals surface area (Å²) in [6, 6.07) is 1.28. The van der Waals surface area contributed by atoms with Crippen LogP contribution in [-0.2, 0) is 5.92 Å². The summed E-state index contributed by atoms with van der Waals surface area (Å²) in [6.45, 7) is 3.60. The van der Waals surface area contributed by atoms with E-state index in [1.165, 1.54) is 16.9 Å². The highest BCUT2D eigenvalue weighted by atomic mass is 19.3. The normalized spacial score (nSPS) is 12.4. The van der Waals surface area contributed by atoms with Gasteiger partial charge in [-0.05, 0) is 26.5 Å². The van der Waals surface area contributed by atoms with Gasteiger partial charge in [0.15, 0.2) is 0 Å². The Hall–Kier alpha value is -0.970. The third-order valence-corrected chi connectivity index (χ3v) is 1.99. The zero-order valence-electron chi connectivity index (χ0n) is 8.37. The Labute approximate surface area is 81.9 Å². The van der Waals surface area contributed by atoms with Crippen LogP contribution in [0, 0.1) is 0 Å². The van der Waals surface area contributed by atoms with Gasteiger partial charge in [-0.25, -0.2) is 0 Å². The van der Waals surface area contributed by atoms with Gasteiger partial charge < -0.3 is 5.73 Å². The van der Waals surface area contributed by atoms with Gasteiger partial charge in [-0.3, -0.25) is 4.68 Å². The van der Waals surface area contributed by atoms with Crippen molar-refractivity contribution in [3.63, 3.8) is 0 Å². The van der Waals surface area contributed by atoms with Crippen LogP contribution in [-0.4, -0.2) is 16.3 Å². The first-order valence-corrected chi connectivity index (χ1v) is 4.61. The predicted molar refractivity (Wildman–Crippen MR) is 50.2 cm³/mol. The molecular formula is C9H15F2N3. The van der Waals surface area contributed by atoms with Crippen LogP contribution in [0.25, 0.3) is 0 Å². The molecule has 1 rings (SSSR count). The third-order valence-electron chi connectivity index (χ3n) is 1.99. The molecule has 2 N–H and O–H groups in total. The zero-order valence-corrected chi connectivity index (χ0v) is 8.37. The first-order valence-electron chi connectivity index (χ1n) is 4.61. The SMILES string of the molecule is CC(C)n1nccc1C(F)(F)CCN. The summed E-state index contributed by atoms with van der Waals surface area (Å²) in [5, 5.41) is 3.86. The molecule has 1 aromatic heterocycles. The summed E-state index contributed by atoms with van der Waals surface area (Å²) >= 11 is 0. The molecule has 0 aliphatic carbocycles. The number of alkyl halides is 2. The van der Waals surface area contributed by atoms with E-state index in [2.05, 4.69) is 5.10 Å². The average molecular weight is 203 g/mol. The van der Waals surface area contributed by atoms with E-state index in [9.17, 15) is 8.78 Å². The van der Waals surface area contributed by atoms with Crippen molar-refractivity contribution >= 4 is 0 Å². The molecule has 80 valence electrons. The number of rotatable bonds is 4. The minimum Gasteiger partial charge on any atom is -0.330 e. The van der Waals surface area contributed by atoms with Gasteiger partial charge >= 0.3 is 0 Å². The third kappa shape index (κ3) is 2.09. The molecule has 0 aliphatic rings. The highest BCUT2D eigenvalue weighted by molar-refractivity contribution is 5.09. The van der Waals surface area contributed by atoms with E-state index in [1.54, 1.807) is 0 Å². The largest absolute Gasteiger partial charge is 0.330 e. The lowest BCUT2D eigenvalue weighted by Crippen LogP contribution is -2.23. The summed E-state index contributed by atoms with van der Waals surface area (Å²) < 4.78 is 28.3. The topological polar surface area (TPSA) is 43.8 Å². The molecule has 0 atom stereocenters. The lowest BCUT2D eigenvalue weighted by atomic mass is 10.1. The van der Waals surface area contributed by atoms with Gasteiger partial charge in [0.25, 0.3) is 5.92 Å². The average Bonchev–Trinajstić information content (AvgIpc) is 2.51. The van der Waals surface area contributed by atoms with Gasteiger partial charge in [0, 0.05) is 18.7 Å². The molecule has 0 aliphatic heterocycles. The molecule has 0 amide bonds. The van der Waals surface area contributed by atoms with Gasteiger partial charge in [0.1, 0.15) is 5.69 Å². The fourth-order valence-electron chi connectivity index (χ4n) is 1.32. The van der Waals surface area contributed by atoms with E-state index >= 15 is 0 Å². The maximum absolute atomic E-state index is 13.5. The molecular weight excluding hydrogens is 188 g/mol. The molecule has 0 saturated carbocycles. The van der Waals surface area contributed by atoms with Gasteiger partial charge in [0.05, 0.1) is 0 Å². The Kier molecular flexibility index (Phi) is 3.21. The smallest absolute Gasteiger partial charge is 0.290 e. The molecule has 3 nitrogen and oxygen atoms in total. The van der Waals surface area contributed by atoms with E-state index in [4.69, 9.17) is 5.73 Å². The van der Waals surface area contributed by atoms with Crippen LogP contribution < -0.4 is 5.73 Å². The predicted octanol–water partition coefficient (Wildman–Crippen LogP) is 1.90. The van der Waals surface area contributed by atoms with Crippen LogP contribution in [0.4, 0.5) is 8.78 Å². The number of hydrogen-bond acceptors (Lipinski definition) is 2. The molecule has 0 fully saturated rings. The minimum atomic E-state index is -2.88. The van der Waals surface area contributed by atoms with Crippen molar-refractivity contribution in [2.45, 2.75) is 32.2 Å². The molecule has 0 saturated heterocycles. The number of hydrogen-bond donors (Lipinski definition) is 1. The maximum Gasteiger partial charge on any atom is 0.290 e. The Morgan fingerprint density at radius 2 is 2.21 bits per heavy atom. The van der Waals surface area contributed by atoms with Gasteiger partial charge in [-0.1, -0.05) is 0 Å². The molecule has 0 unspecified atom stereocenters. The van der Waals surface area contributed by atoms with Crippen molar-refractivity contribution in [1.29, 1.82) is 0 Å². The van der Waals surface area contributed by atoms with E-state index in [-0.39, 0.29) is 24.7 Å². The molecule has 5 heteroatoms. The Morgan fingerprint density at radius 3 is 2.71 bits per heavy atom. The lowest BCUT2D eigenvalue weighted by molar-refractivity contribution is -0.0206. The van der Waals surface area contributed by atoms with Gasteiger partial charge in [-0.2, -0.15) is 13.9 Å². The Balaban J connectivity index is 2.99. The number of halogens is 2. The number of nitrogens with two attached hydrogens (primary N) is 1. The van der Waals surface area contributed by atoms with Crippen molar-refractivity contribution in [2.75, 3.05) is 6.54 Å². The minimum absolute atomic E-state index is 0.0315. The molecule has 14 heavy (non-hydrogen) atoms. The molecule has 0 spiro atoms. The van der Waals surface area contributed by atoms with Crippen LogP contribution in [0.15, 0.2) is 12.3 Å². The van der Waals surface area contributed by atoms with Crippen molar-refractivity contribution in [2.24, 2.45) is 5.73 Å². The molecule has 1 aromatic rings. The molecule has 0 aromatic carbocycles. The van der Waals surface area contributed by atoms with Gasteiger partial charge in [-0.15, -0.1) is 0 Å². The second-order valence-electron chi connectivity index (χ2n) is 3.50. The second kappa shape index (κ2) is 4.04. The molecule has 1 heterocycles. The number of nitrogens with zero attached hydrogens (tertiary/aromatic N) is 2. The summed E-state index contributed by atoms with van der Waals surface area (Å²) in [5.41, 5.74) is 5.08. The molecule has 0 bridgehead atoms.